The van der Waals surface area contributed by atoms with Crippen LogP contribution in [0.3, 0.4) is 0 Å². The van der Waals surface area contributed by atoms with Gasteiger partial charge >= 0.3 is 5.97 Å². The topological polar surface area (TPSA) is 49.9 Å². The second-order valence-corrected chi connectivity index (χ2v) is 6.17. The molecule has 22 heavy (non-hydrogen) atoms. The van der Waals surface area contributed by atoms with Crippen LogP contribution in [0.25, 0.3) is 0 Å². The van der Waals surface area contributed by atoms with Crippen LogP contribution in [-0.4, -0.2) is 43.9 Å². The van der Waals surface area contributed by atoms with Crippen molar-refractivity contribution in [2.24, 2.45) is 0 Å². The molecule has 0 atom stereocenters. The predicted molar refractivity (Wildman–Crippen MR) is 88.2 cm³/mol. The van der Waals surface area contributed by atoms with Crippen molar-refractivity contribution in [2.75, 3.05) is 32.6 Å². The molecule has 0 N–H and O–H groups in total. The summed E-state index contributed by atoms with van der Waals surface area (Å²) in [7, 11) is 5.33. The Hall–Kier alpha value is -1.95. The zero-order valence-corrected chi connectivity index (χ0v) is 14.1. The molecular weight excluding hydrogens is 300 g/mol. The van der Waals surface area contributed by atoms with E-state index in [2.05, 4.69) is 0 Å². The van der Waals surface area contributed by atoms with Gasteiger partial charge in [-0.3, -0.25) is 4.79 Å². The maximum Gasteiger partial charge on any atom is 0.335 e. The molecule has 0 saturated carbocycles. The molecule has 0 saturated heterocycles. The van der Waals surface area contributed by atoms with E-state index in [1.165, 1.54) is 11.8 Å². The second kappa shape index (κ2) is 6.87. The summed E-state index contributed by atoms with van der Waals surface area (Å²) in [6.07, 6.45) is 2.27. The van der Waals surface area contributed by atoms with Gasteiger partial charge in [-0.05, 0) is 36.4 Å². The maximum absolute atomic E-state index is 12.0. The number of thioether (sulfide) groups is 1. The number of amides is 1. The molecule has 1 aromatic carbocycles. The molecule has 1 aliphatic rings. The van der Waals surface area contributed by atoms with Crippen LogP contribution < -0.4 is 4.90 Å². The van der Waals surface area contributed by atoms with Crippen molar-refractivity contribution >= 4 is 28.7 Å². The minimum atomic E-state index is -0.307. The van der Waals surface area contributed by atoms with Crippen molar-refractivity contribution < 1.29 is 14.3 Å². The molecule has 1 heterocycles. The summed E-state index contributed by atoms with van der Waals surface area (Å²) >= 11 is 1.18. The van der Waals surface area contributed by atoms with E-state index in [1.54, 1.807) is 32.1 Å². The number of fused-ring (bicyclic) bond motifs is 1. The first-order valence-corrected chi connectivity index (χ1v) is 7.87. The van der Waals surface area contributed by atoms with Gasteiger partial charge in [-0.25, -0.2) is 4.79 Å². The van der Waals surface area contributed by atoms with Crippen LogP contribution in [-0.2, 0) is 16.0 Å². The number of carbonyl (C=O) groups is 2. The van der Waals surface area contributed by atoms with Crippen LogP contribution in [0, 0.1) is 0 Å². The molecule has 1 aromatic rings. The van der Waals surface area contributed by atoms with Crippen LogP contribution >= 0.6 is 11.8 Å². The first-order chi connectivity index (χ1) is 10.4. The summed E-state index contributed by atoms with van der Waals surface area (Å²) in [5.41, 5.74) is 2.59. The Kier molecular flexibility index (Phi) is 5.13. The van der Waals surface area contributed by atoms with E-state index in [9.17, 15) is 9.59 Å². The first-order valence-electron chi connectivity index (χ1n) is 7.05. The molecular formula is C16H20N2O3S. The van der Waals surface area contributed by atoms with Crippen molar-refractivity contribution in [3.8, 4) is 0 Å². The lowest BCUT2D eigenvalue weighted by molar-refractivity contribution is -0.138. The smallest absolute Gasteiger partial charge is 0.335 e. The van der Waals surface area contributed by atoms with E-state index < -0.39 is 0 Å². The Morgan fingerprint density at radius 3 is 2.73 bits per heavy atom. The molecule has 5 nitrogen and oxygen atoms in total. The van der Waals surface area contributed by atoms with Crippen LogP contribution in [0.15, 0.2) is 34.9 Å². The molecule has 0 aliphatic carbocycles. The lowest BCUT2D eigenvalue weighted by atomic mass is 10.00. The molecule has 6 heteroatoms. The van der Waals surface area contributed by atoms with Crippen molar-refractivity contribution in [3.05, 3.63) is 35.5 Å². The molecule has 0 fully saturated rings. The van der Waals surface area contributed by atoms with E-state index in [-0.39, 0.29) is 11.2 Å². The fraction of sp³-hybridized carbons (Fsp3) is 0.375. The summed E-state index contributed by atoms with van der Waals surface area (Å²) in [5, 5.41) is -0.0386. The third-order valence-corrected chi connectivity index (χ3v) is 4.45. The summed E-state index contributed by atoms with van der Waals surface area (Å²) < 4.78 is 5.09. The minimum absolute atomic E-state index is 0.0386. The Morgan fingerprint density at radius 2 is 2.09 bits per heavy atom. The second-order valence-electron chi connectivity index (χ2n) is 5.18. The van der Waals surface area contributed by atoms with Crippen LogP contribution in [0.4, 0.5) is 10.5 Å². The molecule has 2 rings (SSSR count). The highest BCUT2D eigenvalue weighted by atomic mass is 32.2. The molecule has 0 aromatic heterocycles. The Morgan fingerprint density at radius 1 is 1.36 bits per heavy atom. The minimum Gasteiger partial charge on any atom is -0.463 e. The van der Waals surface area contributed by atoms with Gasteiger partial charge in [-0.1, -0.05) is 6.07 Å². The molecule has 1 amide bonds. The van der Waals surface area contributed by atoms with E-state index >= 15 is 0 Å². The van der Waals surface area contributed by atoms with Gasteiger partial charge in [0.15, 0.2) is 0 Å². The van der Waals surface area contributed by atoms with Gasteiger partial charge in [-0.15, -0.1) is 0 Å². The highest BCUT2D eigenvalue weighted by Gasteiger charge is 2.24. The van der Waals surface area contributed by atoms with Gasteiger partial charge in [-0.2, -0.15) is 0 Å². The molecule has 0 unspecified atom stereocenters. The predicted octanol–water partition coefficient (Wildman–Crippen LogP) is 2.90. The highest BCUT2D eigenvalue weighted by Crippen LogP contribution is 2.36. The van der Waals surface area contributed by atoms with Gasteiger partial charge in [0.1, 0.15) is 0 Å². The third-order valence-electron chi connectivity index (χ3n) is 3.31. The fourth-order valence-electron chi connectivity index (χ4n) is 2.23. The number of nitrogens with zero attached hydrogens (tertiary/aromatic N) is 2. The number of anilines is 1. The number of esters is 1. The molecule has 1 aliphatic heterocycles. The van der Waals surface area contributed by atoms with Crippen molar-refractivity contribution in [1.29, 1.82) is 0 Å². The summed E-state index contributed by atoms with van der Waals surface area (Å²) in [5.74, 6) is -0.307. The number of rotatable bonds is 3. The Balaban J connectivity index is 2.32. The van der Waals surface area contributed by atoms with Crippen LogP contribution in [0.1, 0.15) is 12.5 Å². The number of hydrogen-bond acceptors (Lipinski definition) is 5. The van der Waals surface area contributed by atoms with E-state index in [4.69, 9.17) is 4.74 Å². The standard InChI is InChI=1S/C16H20N2O3S/c1-5-21-15(19)11-9-12-13(18(4)10-11)7-6-8-14(12)22-16(20)17(2)3/h6-8,10H,5,9H2,1-4H3. The Labute approximate surface area is 134 Å². The van der Waals surface area contributed by atoms with Gasteiger partial charge in [0.25, 0.3) is 5.24 Å². The quantitative estimate of drug-likeness (QED) is 0.633. The lowest BCUT2D eigenvalue weighted by Crippen LogP contribution is -2.23. The number of ether oxygens (including phenoxy) is 1. The molecule has 0 bridgehead atoms. The normalized spacial score (nSPS) is 13.3. The monoisotopic (exact) mass is 320 g/mol. The lowest BCUT2D eigenvalue weighted by Gasteiger charge is -2.27. The summed E-state index contributed by atoms with van der Waals surface area (Å²) in [6.45, 7) is 2.14. The van der Waals surface area contributed by atoms with Gasteiger partial charge in [0.2, 0.25) is 0 Å². The average Bonchev–Trinajstić information content (AvgIpc) is 2.48. The number of carbonyl (C=O) groups excluding carboxylic acids is 2. The van der Waals surface area contributed by atoms with E-state index in [0.29, 0.717) is 18.6 Å². The first kappa shape index (κ1) is 16.4. The van der Waals surface area contributed by atoms with Gasteiger partial charge < -0.3 is 14.5 Å². The van der Waals surface area contributed by atoms with Crippen LogP contribution in [0.2, 0.25) is 0 Å². The fourth-order valence-corrected chi connectivity index (χ4v) is 3.05. The Bertz CT molecular complexity index is 626. The molecule has 118 valence electrons. The largest absolute Gasteiger partial charge is 0.463 e. The molecule has 0 spiro atoms. The SMILES string of the molecule is CCOC(=O)C1=CN(C)c2cccc(SC(=O)N(C)C)c2C1. The zero-order chi connectivity index (χ0) is 16.3. The van der Waals surface area contributed by atoms with Gasteiger partial charge in [0, 0.05) is 44.3 Å². The van der Waals surface area contributed by atoms with Crippen molar-refractivity contribution in [3.63, 3.8) is 0 Å². The average molecular weight is 320 g/mol. The van der Waals surface area contributed by atoms with Crippen molar-refractivity contribution in [2.45, 2.75) is 18.2 Å². The van der Waals surface area contributed by atoms with Crippen molar-refractivity contribution in [1.82, 2.24) is 4.90 Å². The third kappa shape index (κ3) is 3.44. The van der Waals surface area contributed by atoms with Gasteiger partial charge in [0.05, 0.1) is 12.2 Å². The van der Waals surface area contributed by atoms with Crippen LogP contribution in [0.5, 0.6) is 0 Å². The number of hydrogen-bond donors (Lipinski definition) is 0. The summed E-state index contributed by atoms with van der Waals surface area (Å²) in [4.78, 5) is 28.3. The van der Waals surface area contributed by atoms with E-state index in [1.807, 2.05) is 30.1 Å². The maximum atomic E-state index is 12.0. The number of benzene rings is 1. The molecule has 0 radical (unpaired) electrons. The zero-order valence-electron chi connectivity index (χ0n) is 13.3. The highest BCUT2D eigenvalue weighted by molar-refractivity contribution is 8.13. The van der Waals surface area contributed by atoms with E-state index in [0.717, 1.165) is 16.1 Å². The summed E-state index contributed by atoms with van der Waals surface area (Å²) in [6, 6.07) is 5.81.